The Labute approximate surface area is 105 Å². The number of rotatable bonds is 4. The Morgan fingerprint density at radius 1 is 1.39 bits per heavy atom. The van der Waals surface area contributed by atoms with Crippen molar-refractivity contribution in [3.05, 3.63) is 35.4 Å². The average molecular weight is 246 g/mol. The summed E-state index contributed by atoms with van der Waals surface area (Å²) < 4.78 is 15.7. The molecule has 0 spiro atoms. The average Bonchev–Trinajstić information content (AvgIpc) is 3.13. The van der Waals surface area contributed by atoms with Gasteiger partial charge in [-0.2, -0.15) is 0 Å². The molecule has 0 radical (unpaired) electrons. The van der Waals surface area contributed by atoms with Crippen LogP contribution >= 0.6 is 0 Å². The van der Waals surface area contributed by atoms with Crippen molar-refractivity contribution in [3.8, 4) is 5.75 Å². The molecule has 0 unspecified atom stereocenters. The second kappa shape index (κ2) is 4.82. The third-order valence-electron chi connectivity index (χ3n) is 2.94. The molecule has 0 bridgehead atoms. The second-order valence-corrected chi connectivity index (χ2v) is 4.36. The first-order valence-electron chi connectivity index (χ1n) is 6.04. The number of hydrogen-bond donors (Lipinski definition) is 0. The third-order valence-corrected chi connectivity index (χ3v) is 2.94. The summed E-state index contributed by atoms with van der Waals surface area (Å²) in [5, 5.41) is 0. The Morgan fingerprint density at radius 2 is 2.22 bits per heavy atom. The van der Waals surface area contributed by atoms with Crippen LogP contribution in [-0.4, -0.2) is 31.9 Å². The number of hydrogen-bond acceptors (Lipinski definition) is 4. The molecule has 1 aromatic carbocycles. The van der Waals surface area contributed by atoms with Crippen LogP contribution < -0.4 is 4.74 Å². The Morgan fingerprint density at radius 3 is 2.94 bits per heavy atom. The SMILES string of the molecule is O=C1OCCC1=Cc1ccccc1OC[C@H]1CO1. The van der Waals surface area contributed by atoms with Crippen LogP contribution in [0.2, 0.25) is 0 Å². The van der Waals surface area contributed by atoms with Crippen LogP contribution in [-0.2, 0) is 14.3 Å². The first kappa shape index (κ1) is 11.3. The van der Waals surface area contributed by atoms with Crippen molar-refractivity contribution in [2.45, 2.75) is 12.5 Å². The monoisotopic (exact) mass is 246 g/mol. The fraction of sp³-hybridized carbons (Fsp3) is 0.357. The van der Waals surface area contributed by atoms with Gasteiger partial charge >= 0.3 is 5.97 Å². The topological polar surface area (TPSA) is 48.1 Å². The number of epoxide rings is 1. The van der Waals surface area contributed by atoms with Crippen LogP contribution in [0.4, 0.5) is 0 Å². The number of carbonyl (C=O) groups excluding carboxylic acids is 1. The standard InChI is InChI=1S/C14H14O4/c15-14-11(5-6-16-14)7-10-3-1-2-4-13(10)18-9-12-8-17-12/h1-4,7,12H,5-6,8-9H2/t12-/m1/s1. The summed E-state index contributed by atoms with van der Waals surface area (Å²) in [7, 11) is 0. The van der Waals surface area contributed by atoms with Crippen LogP contribution in [0.25, 0.3) is 6.08 Å². The molecule has 1 atom stereocenters. The molecule has 0 aliphatic carbocycles. The highest BCUT2D eigenvalue weighted by Crippen LogP contribution is 2.25. The minimum absolute atomic E-state index is 0.224. The van der Waals surface area contributed by atoms with Gasteiger partial charge in [0.1, 0.15) is 18.5 Å². The molecule has 2 aliphatic heterocycles. The largest absolute Gasteiger partial charge is 0.490 e. The summed E-state index contributed by atoms with van der Waals surface area (Å²) in [6, 6.07) is 7.67. The molecule has 0 saturated carbocycles. The van der Waals surface area contributed by atoms with E-state index in [1.54, 1.807) is 0 Å². The van der Waals surface area contributed by atoms with E-state index in [2.05, 4.69) is 0 Å². The van der Waals surface area contributed by atoms with Gasteiger partial charge in [0.2, 0.25) is 0 Å². The molecule has 18 heavy (non-hydrogen) atoms. The Hall–Kier alpha value is -1.81. The quantitative estimate of drug-likeness (QED) is 0.461. The van der Waals surface area contributed by atoms with Gasteiger partial charge in [-0.05, 0) is 12.1 Å². The molecule has 2 fully saturated rings. The highest BCUT2D eigenvalue weighted by molar-refractivity contribution is 5.95. The van der Waals surface area contributed by atoms with E-state index in [1.807, 2.05) is 30.3 Å². The Bertz CT molecular complexity index is 488. The summed E-state index contributed by atoms with van der Waals surface area (Å²) in [6.45, 7) is 1.81. The molecule has 2 aliphatic rings. The predicted octanol–water partition coefficient (Wildman–Crippen LogP) is 1.79. The number of carbonyl (C=O) groups is 1. The van der Waals surface area contributed by atoms with Gasteiger partial charge in [-0.3, -0.25) is 0 Å². The number of ether oxygens (including phenoxy) is 3. The lowest BCUT2D eigenvalue weighted by Gasteiger charge is -2.07. The van der Waals surface area contributed by atoms with E-state index in [4.69, 9.17) is 14.2 Å². The zero-order chi connectivity index (χ0) is 12.4. The Kier molecular flexibility index (Phi) is 3.02. The molecule has 0 N–H and O–H groups in total. The van der Waals surface area contributed by atoms with Crippen molar-refractivity contribution in [1.82, 2.24) is 0 Å². The van der Waals surface area contributed by atoms with Crippen molar-refractivity contribution in [2.75, 3.05) is 19.8 Å². The first-order valence-corrected chi connectivity index (χ1v) is 6.04. The molecule has 1 aromatic rings. The smallest absolute Gasteiger partial charge is 0.334 e. The third kappa shape index (κ3) is 2.54. The van der Waals surface area contributed by atoms with Gasteiger partial charge in [-0.25, -0.2) is 4.79 Å². The van der Waals surface area contributed by atoms with E-state index in [0.717, 1.165) is 17.9 Å². The molecule has 94 valence electrons. The maximum Gasteiger partial charge on any atom is 0.334 e. The van der Waals surface area contributed by atoms with Crippen LogP contribution in [0.5, 0.6) is 5.75 Å². The van der Waals surface area contributed by atoms with Crippen LogP contribution in [0.1, 0.15) is 12.0 Å². The molecule has 2 heterocycles. The summed E-state index contributed by atoms with van der Waals surface area (Å²) >= 11 is 0. The summed E-state index contributed by atoms with van der Waals surface area (Å²) in [6.07, 6.45) is 2.74. The van der Waals surface area contributed by atoms with Gasteiger partial charge < -0.3 is 14.2 Å². The van der Waals surface area contributed by atoms with Crippen molar-refractivity contribution in [2.24, 2.45) is 0 Å². The van der Waals surface area contributed by atoms with Gasteiger partial charge in [0, 0.05) is 17.6 Å². The molecular weight excluding hydrogens is 232 g/mol. The molecule has 4 heteroatoms. The van der Waals surface area contributed by atoms with Gasteiger partial charge in [-0.1, -0.05) is 18.2 Å². The van der Waals surface area contributed by atoms with Crippen molar-refractivity contribution < 1.29 is 19.0 Å². The normalized spacial score (nSPS) is 24.1. The molecule has 0 amide bonds. The highest BCUT2D eigenvalue weighted by Gasteiger charge is 2.23. The van der Waals surface area contributed by atoms with Crippen molar-refractivity contribution in [1.29, 1.82) is 0 Å². The van der Waals surface area contributed by atoms with E-state index in [0.29, 0.717) is 25.2 Å². The van der Waals surface area contributed by atoms with Crippen molar-refractivity contribution in [3.63, 3.8) is 0 Å². The van der Waals surface area contributed by atoms with E-state index >= 15 is 0 Å². The maximum atomic E-state index is 11.4. The summed E-state index contributed by atoms with van der Waals surface area (Å²) in [4.78, 5) is 11.4. The fourth-order valence-electron chi connectivity index (χ4n) is 1.85. The zero-order valence-corrected chi connectivity index (χ0v) is 9.93. The Balaban J connectivity index is 1.79. The number of cyclic esters (lactones) is 1. The second-order valence-electron chi connectivity index (χ2n) is 4.36. The minimum Gasteiger partial charge on any atom is -0.490 e. The van der Waals surface area contributed by atoms with E-state index in [-0.39, 0.29) is 12.1 Å². The molecular formula is C14H14O4. The highest BCUT2D eigenvalue weighted by atomic mass is 16.6. The molecule has 4 nitrogen and oxygen atoms in total. The lowest BCUT2D eigenvalue weighted by molar-refractivity contribution is -0.134. The lowest BCUT2D eigenvalue weighted by Crippen LogP contribution is -2.05. The molecule has 3 rings (SSSR count). The lowest BCUT2D eigenvalue weighted by atomic mass is 10.1. The van der Waals surface area contributed by atoms with Gasteiger partial charge in [0.05, 0.1) is 13.2 Å². The summed E-state index contributed by atoms with van der Waals surface area (Å²) in [5.74, 6) is 0.551. The van der Waals surface area contributed by atoms with Crippen LogP contribution in [0, 0.1) is 0 Å². The van der Waals surface area contributed by atoms with Crippen molar-refractivity contribution >= 4 is 12.0 Å². The van der Waals surface area contributed by atoms with Gasteiger partial charge in [0.15, 0.2) is 0 Å². The zero-order valence-electron chi connectivity index (χ0n) is 9.93. The number of para-hydroxylation sites is 1. The predicted molar refractivity (Wildman–Crippen MR) is 65.2 cm³/mol. The number of esters is 1. The summed E-state index contributed by atoms with van der Waals surface area (Å²) in [5.41, 5.74) is 1.61. The van der Waals surface area contributed by atoms with Crippen LogP contribution in [0.15, 0.2) is 29.8 Å². The minimum atomic E-state index is -0.227. The molecule has 0 aromatic heterocycles. The van der Waals surface area contributed by atoms with E-state index in [1.165, 1.54) is 0 Å². The maximum absolute atomic E-state index is 11.4. The fourth-order valence-corrected chi connectivity index (χ4v) is 1.85. The number of benzene rings is 1. The van der Waals surface area contributed by atoms with Gasteiger partial charge in [0.25, 0.3) is 0 Å². The molecule has 2 saturated heterocycles. The first-order chi connectivity index (χ1) is 8.83. The van der Waals surface area contributed by atoms with E-state index < -0.39 is 0 Å². The van der Waals surface area contributed by atoms with Crippen LogP contribution in [0.3, 0.4) is 0 Å². The van der Waals surface area contributed by atoms with E-state index in [9.17, 15) is 4.79 Å². The van der Waals surface area contributed by atoms with Gasteiger partial charge in [-0.15, -0.1) is 0 Å².